The van der Waals surface area contributed by atoms with Gasteiger partial charge in [0.2, 0.25) is 5.91 Å². The van der Waals surface area contributed by atoms with Crippen molar-refractivity contribution in [1.82, 2.24) is 4.98 Å². The van der Waals surface area contributed by atoms with Crippen molar-refractivity contribution >= 4 is 40.3 Å². The van der Waals surface area contributed by atoms with Crippen LogP contribution in [-0.4, -0.2) is 22.7 Å². The number of carbonyl (C=O) groups is 1. The van der Waals surface area contributed by atoms with E-state index in [4.69, 9.17) is 0 Å². The van der Waals surface area contributed by atoms with Crippen molar-refractivity contribution in [3.63, 3.8) is 0 Å². The Labute approximate surface area is 96.0 Å². The number of pyridine rings is 1. The van der Waals surface area contributed by atoms with Gasteiger partial charge in [-0.05, 0) is 28.1 Å². The Morgan fingerprint density at radius 3 is 2.86 bits per heavy atom. The predicted molar refractivity (Wildman–Crippen MR) is 61.7 cm³/mol. The van der Waals surface area contributed by atoms with Gasteiger partial charge in [0.05, 0.1) is 0 Å². The van der Waals surface area contributed by atoms with Gasteiger partial charge in [-0.2, -0.15) is 12.6 Å². The summed E-state index contributed by atoms with van der Waals surface area (Å²) in [6, 6.07) is 3.70. The molecular formula is C9H9BrN2OS. The minimum absolute atomic E-state index is 0.0971. The number of hydrogen-bond acceptors (Lipinski definition) is 3. The average molecular weight is 273 g/mol. The number of thiol groups is 1. The normalized spacial score (nSPS) is 21.7. The van der Waals surface area contributed by atoms with Crippen molar-refractivity contribution in [2.24, 2.45) is 0 Å². The maximum Gasteiger partial charge on any atom is 0.229 e. The van der Waals surface area contributed by atoms with Gasteiger partial charge in [0, 0.05) is 28.9 Å². The molecule has 1 amide bonds. The van der Waals surface area contributed by atoms with Gasteiger partial charge in [0.1, 0.15) is 5.82 Å². The van der Waals surface area contributed by atoms with Gasteiger partial charge >= 0.3 is 0 Å². The lowest BCUT2D eigenvalue weighted by molar-refractivity contribution is -0.117. The molecule has 1 unspecified atom stereocenters. The van der Waals surface area contributed by atoms with Crippen LogP contribution in [0.25, 0.3) is 0 Å². The Hall–Kier alpha value is -0.550. The lowest BCUT2D eigenvalue weighted by atomic mass is 10.4. The second kappa shape index (κ2) is 3.90. The molecule has 0 radical (unpaired) electrons. The molecule has 1 saturated heterocycles. The molecule has 2 heterocycles. The fraction of sp³-hybridized carbons (Fsp3) is 0.333. The number of aromatic nitrogens is 1. The smallest absolute Gasteiger partial charge is 0.229 e. The monoisotopic (exact) mass is 272 g/mol. The standard InChI is InChI=1S/C9H9BrN2OS/c10-6-1-2-8(11-4-6)12-5-7(14)3-9(12)13/h1-2,4,7,14H,3,5H2. The molecule has 1 aromatic rings. The molecule has 0 spiro atoms. The molecule has 0 bridgehead atoms. The number of nitrogens with zero attached hydrogens (tertiary/aromatic N) is 2. The number of hydrogen-bond donors (Lipinski definition) is 1. The molecule has 0 aliphatic carbocycles. The molecule has 1 atom stereocenters. The Morgan fingerprint density at radius 1 is 1.57 bits per heavy atom. The van der Waals surface area contributed by atoms with E-state index in [0.717, 1.165) is 4.47 Å². The van der Waals surface area contributed by atoms with E-state index >= 15 is 0 Å². The maximum atomic E-state index is 11.5. The molecule has 1 aromatic heterocycles. The third-order valence-corrected chi connectivity index (χ3v) is 2.91. The molecule has 0 N–H and O–H groups in total. The number of halogens is 1. The highest BCUT2D eigenvalue weighted by Crippen LogP contribution is 2.22. The first kappa shape index (κ1) is 9.98. The number of rotatable bonds is 1. The summed E-state index contributed by atoms with van der Waals surface area (Å²) in [5.74, 6) is 0.801. The first-order chi connectivity index (χ1) is 6.66. The molecular weight excluding hydrogens is 264 g/mol. The zero-order valence-electron chi connectivity index (χ0n) is 7.35. The van der Waals surface area contributed by atoms with Gasteiger partial charge in [-0.25, -0.2) is 4.98 Å². The summed E-state index contributed by atoms with van der Waals surface area (Å²) >= 11 is 7.58. The van der Waals surface area contributed by atoms with E-state index in [0.29, 0.717) is 18.8 Å². The minimum Gasteiger partial charge on any atom is -0.296 e. The molecule has 2 rings (SSSR count). The summed E-state index contributed by atoms with van der Waals surface area (Å²) in [4.78, 5) is 17.3. The fourth-order valence-electron chi connectivity index (χ4n) is 1.44. The van der Waals surface area contributed by atoms with Crippen LogP contribution in [-0.2, 0) is 4.79 Å². The van der Waals surface area contributed by atoms with Crippen LogP contribution in [0.4, 0.5) is 5.82 Å². The first-order valence-electron chi connectivity index (χ1n) is 4.27. The number of amides is 1. The Balaban J connectivity index is 2.23. The lowest BCUT2D eigenvalue weighted by Gasteiger charge is -2.14. The minimum atomic E-state index is 0.0971. The van der Waals surface area contributed by atoms with Gasteiger partial charge in [-0.1, -0.05) is 0 Å². The van der Waals surface area contributed by atoms with Crippen molar-refractivity contribution in [3.05, 3.63) is 22.8 Å². The summed E-state index contributed by atoms with van der Waals surface area (Å²) in [6.45, 7) is 0.649. The van der Waals surface area contributed by atoms with E-state index in [1.54, 1.807) is 11.1 Å². The van der Waals surface area contributed by atoms with Crippen molar-refractivity contribution in [2.45, 2.75) is 11.7 Å². The molecule has 1 aliphatic heterocycles. The van der Waals surface area contributed by atoms with Gasteiger partial charge in [0.15, 0.2) is 0 Å². The molecule has 3 nitrogen and oxygen atoms in total. The van der Waals surface area contributed by atoms with Crippen LogP contribution in [0.5, 0.6) is 0 Å². The summed E-state index contributed by atoms with van der Waals surface area (Å²) < 4.78 is 0.912. The van der Waals surface area contributed by atoms with Crippen molar-refractivity contribution in [2.75, 3.05) is 11.4 Å². The van der Waals surface area contributed by atoms with Crippen LogP contribution in [0.3, 0.4) is 0 Å². The summed E-state index contributed by atoms with van der Waals surface area (Å²) in [5, 5.41) is 0.132. The highest BCUT2D eigenvalue weighted by atomic mass is 79.9. The van der Waals surface area contributed by atoms with Gasteiger partial charge in [-0.3, -0.25) is 9.69 Å². The Morgan fingerprint density at radius 2 is 2.36 bits per heavy atom. The van der Waals surface area contributed by atoms with Crippen LogP contribution >= 0.6 is 28.6 Å². The molecule has 1 aliphatic rings. The Bertz CT molecular complexity index is 354. The van der Waals surface area contributed by atoms with E-state index < -0.39 is 0 Å². The van der Waals surface area contributed by atoms with Crippen molar-refractivity contribution < 1.29 is 4.79 Å². The summed E-state index contributed by atoms with van der Waals surface area (Å²) in [7, 11) is 0. The fourth-order valence-corrected chi connectivity index (χ4v) is 1.99. The maximum absolute atomic E-state index is 11.5. The predicted octanol–water partition coefficient (Wildman–Crippen LogP) is 1.88. The lowest BCUT2D eigenvalue weighted by Crippen LogP contribution is -2.25. The van der Waals surface area contributed by atoms with E-state index in [2.05, 4.69) is 33.5 Å². The van der Waals surface area contributed by atoms with Gasteiger partial charge < -0.3 is 0 Å². The first-order valence-corrected chi connectivity index (χ1v) is 5.58. The SMILES string of the molecule is O=C1CC(S)CN1c1ccc(Br)cn1. The molecule has 0 saturated carbocycles. The van der Waals surface area contributed by atoms with E-state index in [1.165, 1.54) is 0 Å². The highest BCUT2D eigenvalue weighted by molar-refractivity contribution is 9.10. The molecule has 0 aromatic carbocycles. The third-order valence-electron chi connectivity index (χ3n) is 2.09. The second-order valence-electron chi connectivity index (χ2n) is 3.20. The van der Waals surface area contributed by atoms with Gasteiger partial charge in [-0.15, -0.1) is 0 Å². The van der Waals surface area contributed by atoms with Crippen LogP contribution in [0.1, 0.15) is 6.42 Å². The molecule has 14 heavy (non-hydrogen) atoms. The molecule has 74 valence electrons. The van der Waals surface area contributed by atoms with E-state index in [-0.39, 0.29) is 11.2 Å². The van der Waals surface area contributed by atoms with E-state index in [1.807, 2.05) is 12.1 Å². The molecule has 5 heteroatoms. The third kappa shape index (κ3) is 1.93. The van der Waals surface area contributed by atoms with E-state index in [9.17, 15) is 4.79 Å². The quantitative estimate of drug-likeness (QED) is 0.792. The second-order valence-corrected chi connectivity index (χ2v) is 4.84. The zero-order valence-corrected chi connectivity index (χ0v) is 9.83. The van der Waals surface area contributed by atoms with Crippen molar-refractivity contribution in [1.29, 1.82) is 0 Å². The summed E-state index contributed by atoms with van der Waals surface area (Å²) in [6.07, 6.45) is 2.19. The number of carbonyl (C=O) groups excluding carboxylic acids is 1. The molecule has 1 fully saturated rings. The topological polar surface area (TPSA) is 33.2 Å². The average Bonchev–Trinajstić information content (AvgIpc) is 2.47. The largest absolute Gasteiger partial charge is 0.296 e. The van der Waals surface area contributed by atoms with Crippen molar-refractivity contribution in [3.8, 4) is 0 Å². The van der Waals surface area contributed by atoms with Crippen LogP contribution in [0, 0.1) is 0 Å². The number of anilines is 1. The van der Waals surface area contributed by atoms with Crippen LogP contribution < -0.4 is 4.90 Å². The Kier molecular flexibility index (Phi) is 2.78. The van der Waals surface area contributed by atoms with Crippen LogP contribution in [0.15, 0.2) is 22.8 Å². The van der Waals surface area contributed by atoms with Crippen LogP contribution in [0.2, 0.25) is 0 Å². The zero-order chi connectivity index (χ0) is 10.1. The van der Waals surface area contributed by atoms with Gasteiger partial charge in [0.25, 0.3) is 0 Å². The highest BCUT2D eigenvalue weighted by Gasteiger charge is 2.28. The summed E-state index contributed by atoms with van der Waals surface area (Å²) in [5.41, 5.74) is 0.